The van der Waals surface area contributed by atoms with Gasteiger partial charge >= 0.3 is 5.97 Å². The van der Waals surface area contributed by atoms with Crippen molar-refractivity contribution in [3.63, 3.8) is 0 Å². The largest absolute Gasteiger partial charge is 0.493 e. The number of nitrogens with one attached hydrogen (secondary N) is 1. The molecular weight excluding hydrogens is 370 g/mol. The summed E-state index contributed by atoms with van der Waals surface area (Å²) in [5.41, 5.74) is 0.245. The van der Waals surface area contributed by atoms with Crippen LogP contribution in [0.3, 0.4) is 0 Å². The molecule has 0 radical (unpaired) electrons. The van der Waals surface area contributed by atoms with Crippen LogP contribution in [0.4, 0.5) is 0 Å². The molecule has 4 fully saturated rings. The fraction of sp³-hybridized carbons (Fsp3) is 0.652. The van der Waals surface area contributed by atoms with Crippen molar-refractivity contribution in [3.05, 3.63) is 23.8 Å². The highest BCUT2D eigenvalue weighted by Gasteiger charge is 2.51. The second-order valence-electron chi connectivity index (χ2n) is 9.03. The molecule has 0 aliphatic heterocycles. The molecule has 4 aliphatic carbocycles. The van der Waals surface area contributed by atoms with Gasteiger partial charge in [0, 0.05) is 5.54 Å². The number of esters is 1. The summed E-state index contributed by atoms with van der Waals surface area (Å²) in [4.78, 5) is 25.4. The number of rotatable bonds is 7. The van der Waals surface area contributed by atoms with Gasteiger partial charge in [-0.1, -0.05) is 0 Å². The van der Waals surface area contributed by atoms with Crippen molar-refractivity contribution >= 4 is 11.9 Å². The number of hydrogen-bond donors (Lipinski definition) is 1. The summed E-state index contributed by atoms with van der Waals surface area (Å²) in [7, 11) is 1.52. The smallest absolute Gasteiger partial charge is 0.339 e. The second-order valence-corrected chi connectivity index (χ2v) is 9.03. The molecule has 0 saturated heterocycles. The fourth-order valence-corrected chi connectivity index (χ4v) is 5.98. The molecule has 4 bridgehead atoms. The molecule has 4 saturated carbocycles. The average Bonchev–Trinajstić information content (AvgIpc) is 2.66. The predicted molar refractivity (Wildman–Crippen MR) is 108 cm³/mol. The van der Waals surface area contributed by atoms with Crippen LogP contribution in [0.25, 0.3) is 0 Å². The Morgan fingerprint density at radius 2 is 1.72 bits per heavy atom. The molecule has 6 nitrogen and oxygen atoms in total. The molecule has 1 amide bonds. The molecule has 5 rings (SSSR count). The lowest BCUT2D eigenvalue weighted by atomic mass is 9.53. The Morgan fingerprint density at radius 3 is 2.28 bits per heavy atom. The molecule has 0 unspecified atom stereocenters. The van der Waals surface area contributed by atoms with Crippen LogP contribution in [0.15, 0.2) is 18.2 Å². The Bertz CT molecular complexity index is 754. The van der Waals surface area contributed by atoms with E-state index in [1.807, 2.05) is 6.92 Å². The van der Waals surface area contributed by atoms with Gasteiger partial charge in [0.15, 0.2) is 17.6 Å². The number of ether oxygens (including phenoxy) is 3. The van der Waals surface area contributed by atoms with Gasteiger partial charge in [-0.3, -0.25) is 4.79 Å². The normalized spacial score (nSPS) is 30.5. The average molecular weight is 402 g/mol. The van der Waals surface area contributed by atoms with Crippen LogP contribution in [-0.4, -0.2) is 37.2 Å². The molecule has 0 aromatic heterocycles. The molecule has 0 spiro atoms. The van der Waals surface area contributed by atoms with E-state index in [0.29, 0.717) is 23.7 Å². The zero-order valence-electron chi connectivity index (χ0n) is 17.5. The van der Waals surface area contributed by atoms with Crippen molar-refractivity contribution in [1.82, 2.24) is 5.32 Å². The summed E-state index contributed by atoms with van der Waals surface area (Å²) in [6.07, 6.45) is 6.33. The van der Waals surface area contributed by atoms with Crippen molar-refractivity contribution in [3.8, 4) is 11.5 Å². The molecule has 1 N–H and O–H groups in total. The molecule has 158 valence electrons. The van der Waals surface area contributed by atoms with Gasteiger partial charge in [0.05, 0.1) is 19.3 Å². The highest BCUT2D eigenvalue weighted by atomic mass is 16.5. The van der Waals surface area contributed by atoms with Crippen LogP contribution in [0.2, 0.25) is 0 Å². The monoisotopic (exact) mass is 401 g/mol. The minimum atomic E-state index is -0.840. The van der Waals surface area contributed by atoms with E-state index in [4.69, 9.17) is 14.2 Å². The lowest BCUT2D eigenvalue weighted by molar-refractivity contribution is -0.134. The minimum absolute atomic E-state index is 0.0884. The van der Waals surface area contributed by atoms with Gasteiger partial charge in [0.25, 0.3) is 5.91 Å². The van der Waals surface area contributed by atoms with Gasteiger partial charge in [-0.25, -0.2) is 4.79 Å². The SMILES string of the molecule is CCOc1ccc(C(=O)O[C@H](C)C(=O)NC23CC4CC(CC(C4)C2)C3)cc1OC. The number of hydrogen-bond acceptors (Lipinski definition) is 5. The Kier molecular flexibility index (Phi) is 5.45. The number of amides is 1. The number of methoxy groups -OCH3 is 1. The Balaban J connectivity index is 1.38. The molecule has 1 aromatic rings. The van der Waals surface area contributed by atoms with Gasteiger partial charge in [0.1, 0.15) is 0 Å². The maximum absolute atomic E-state index is 12.8. The van der Waals surface area contributed by atoms with Crippen molar-refractivity contribution in [1.29, 1.82) is 0 Å². The summed E-state index contributed by atoms with van der Waals surface area (Å²) in [5, 5.41) is 3.27. The first-order valence-electron chi connectivity index (χ1n) is 10.7. The van der Waals surface area contributed by atoms with Crippen LogP contribution < -0.4 is 14.8 Å². The van der Waals surface area contributed by atoms with Crippen LogP contribution >= 0.6 is 0 Å². The first-order chi connectivity index (χ1) is 13.9. The molecule has 1 aromatic carbocycles. The maximum Gasteiger partial charge on any atom is 0.339 e. The minimum Gasteiger partial charge on any atom is -0.493 e. The third-order valence-corrected chi connectivity index (χ3v) is 6.78. The van der Waals surface area contributed by atoms with Gasteiger partial charge < -0.3 is 19.5 Å². The lowest BCUT2D eigenvalue weighted by Gasteiger charge is -2.57. The molecule has 6 heteroatoms. The molecule has 1 atom stereocenters. The molecule has 4 aliphatic rings. The van der Waals surface area contributed by atoms with Crippen molar-refractivity contribution in [2.75, 3.05) is 13.7 Å². The van der Waals surface area contributed by atoms with E-state index in [0.717, 1.165) is 37.0 Å². The van der Waals surface area contributed by atoms with E-state index in [2.05, 4.69) is 5.32 Å². The molecule has 29 heavy (non-hydrogen) atoms. The van der Waals surface area contributed by atoms with Crippen molar-refractivity contribution in [2.24, 2.45) is 17.8 Å². The quantitative estimate of drug-likeness (QED) is 0.705. The third kappa shape index (κ3) is 4.07. The maximum atomic E-state index is 12.8. The van der Waals surface area contributed by atoms with Crippen molar-refractivity contribution in [2.45, 2.75) is 64.0 Å². The van der Waals surface area contributed by atoms with E-state index in [1.165, 1.54) is 26.4 Å². The summed E-state index contributed by atoms with van der Waals surface area (Å²) in [6.45, 7) is 4.02. The van der Waals surface area contributed by atoms with E-state index in [-0.39, 0.29) is 11.4 Å². The van der Waals surface area contributed by atoms with Crippen molar-refractivity contribution < 1.29 is 23.8 Å². The topological polar surface area (TPSA) is 73.9 Å². The van der Waals surface area contributed by atoms with Crippen LogP contribution in [0, 0.1) is 17.8 Å². The summed E-state index contributed by atoms with van der Waals surface area (Å²) < 4.78 is 16.2. The standard InChI is InChI=1S/C23H31NO5/c1-4-28-19-6-5-18(10-20(19)27-3)22(26)29-14(2)21(25)24-23-11-15-7-16(12-23)9-17(8-15)13-23/h5-6,10,14-17H,4,7-9,11-13H2,1-3H3,(H,24,25)/t14-,15?,16?,17?,23?/m1/s1. The Hall–Kier alpha value is -2.24. The summed E-state index contributed by atoms with van der Waals surface area (Å²) in [6, 6.07) is 4.88. The number of benzene rings is 1. The molecular formula is C23H31NO5. The lowest BCUT2D eigenvalue weighted by Crippen LogP contribution is -2.61. The van der Waals surface area contributed by atoms with E-state index < -0.39 is 12.1 Å². The highest BCUT2D eigenvalue weighted by molar-refractivity contribution is 5.93. The number of carbonyl (C=O) groups excluding carboxylic acids is 2. The predicted octanol–water partition coefficient (Wildman–Crippen LogP) is 3.72. The van der Waals surface area contributed by atoms with Crippen LogP contribution in [0.1, 0.15) is 62.7 Å². The second kappa shape index (κ2) is 7.88. The molecule has 0 heterocycles. The van der Waals surface area contributed by atoms with Gasteiger partial charge in [-0.15, -0.1) is 0 Å². The Labute approximate surface area is 172 Å². The zero-order valence-corrected chi connectivity index (χ0v) is 17.5. The van der Waals surface area contributed by atoms with E-state index in [1.54, 1.807) is 25.1 Å². The zero-order chi connectivity index (χ0) is 20.6. The van der Waals surface area contributed by atoms with E-state index in [9.17, 15) is 9.59 Å². The number of carbonyl (C=O) groups is 2. The first kappa shape index (κ1) is 20.0. The summed E-state index contributed by atoms with van der Waals surface area (Å²) in [5.74, 6) is 2.53. The van der Waals surface area contributed by atoms with E-state index >= 15 is 0 Å². The summed E-state index contributed by atoms with van der Waals surface area (Å²) >= 11 is 0. The van der Waals surface area contributed by atoms with Gasteiger partial charge in [0.2, 0.25) is 0 Å². The Morgan fingerprint density at radius 1 is 1.10 bits per heavy atom. The first-order valence-corrected chi connectivity index (χ1v) is 10.7. The third-order valence-electron chi connectivity index (χ3n) is 6.78. The van der Waals surface area contributed by atoms with Crippen LogP contribution in [0.5, 0.6) is 11.5 Å². The van der Waals surface area contributed by atoms with Gasteiger partial charge in [-0.05, 0) is 88.3 Å². The fourth-order valence-electron chi connectivity index (χ4n) is 5.98. The van der Waals surface area contributed by atoms with Crippen LogP contribution in [-0.2, 0) is 9.53 Å². The van der Waals surface area contributed by atoms with Gasteiger partial charge in [-0.2, -0.15) is 0 Å². The highest BCUT2D eigenvalue weighted by Crippen LogP contribution is 2.55.